The number of nitrogens with one attached hydrogen (secondary N) is 2. The summed E-state index contributed by atoms with van der Waals surface area (Å²) in [6.45, 7) is 3.84. The third kappa shape index (κ3) is 5.49. The van der Waals surface area contributed by atoms with E-state index in [0.29, 0.717) is 16.8 Å². The number of anilines is 1. The zero-order valence-electron chi connectivity index (χ0n) is 16.8. The minimum absolute atomic E-state index is 0.0224. The maximum Gasteiger partial charge on any atom is 0.261 e. The Kier molecular flexibility index (Phi) is 6.55. The number of hydrogen-bond acceptors (Lipinski definition) is 3. The van der Waals surface area contributed by atoms with Gasteiger partial charge in [0.25, 0.3) is 15.9 Å². The zero-order valence-corrected chi connectivity index (χ0v) is 17.6. The molecule has 6 heteroatoms. The molecular weight excluding hydrogens is 396 g/mol. The first-order valence-corrected chi connectivity index (χ1v) is 10.9. The summed E-state index contributed by atoms with van der Waals surface area (Å²) in [4.78, 5) is 12.6. The first-order chi connectivity index (χ1) is 14.3. The summed E-state index contributed by atoms with van der Waals surface area (Å²) < 4.78 is 28.0. The zero-order chi connectivity index (χ0) is 21.6. The van der Waals surface area contributed by atoms with Crippen molar-refractivity contribution in [2.75, 3.05) is 11.3 Å². The number of carbonyl (C=O) groups excluding carboxylic acids is 1. The standard InChI is InChI=1S/C24H22N2O3S/c1-18-10-13-21(14-11-18)26-30(28,29)22-15-12-19(2)23(17-22)24(27)25-16-6-9-20-7-4-3-5-8-20/h3-5,7-8,10-15,17,26H,16H2,1-2H3,(H,25,27). The molecule has 5 nitrogen and oxygen atoms in total. The van der Waals surface area contributed by atoms with E-state index in [1.165, 1.54) is 12.1 Å². The highest BCUT2D eigenvalue weighted by Gasteiger charge is 2.18. The largest absolute Gasteiger partial charge is 0.341 e. The molecule has 3 rings (SSSR count). The lowest BCUT2D eigenvalue weighted by Gasteiger charge is -2.11. The molecule has 2 N–H and O–H groups in total. The van der Waals surface area contributed by atoms with E-state index in [4.69, 9.17) is 0 Å². The smallest absolute Gasteiger partial charge is 0.261 e. The molecule has 0 saturated heterocycles. The van der Waals surface area contributed by atoms with Crippen LogP contribution in [0.4, 0.5) is 5.69 Å². The number of rotatable bonds is 5. The average molecular weight is 419 g/mol. The topological polar surface area (TPSA) is 75.3 Å². The highest BCUT2D eigenvalue weighted by molar-refractivity contribution is 7.92. The van der Waals surface area contributed by atoms with Gasteiger partial charge in [0.15, 0.2) is 0 Å². The number of amides is 1. The van der Waals surface area contributed by atoms with Crippen molar-refractivity contribution in [3.05, 3.63) is 95.1 Å². The molecule has 0 spiro atoms. The molecule has 152 valence electrons. The van der Waals surface area contributed by atoms with Crippen molar-refractivity contribution in [1.82, 2.24) is 5.32 Å². The molecule has 0 saturated carbocycles. The van der Waals surface area contributed by atoms with Crippen LogP contribution in [0, 0.1) is 25.7 Å². The van der Waals surface area contributed by atoms with Gasteiger partial charge in [-0.25, -0.2) is 8.42 Å². The average Bonchev–Trinajstić information content (AvgIpc) is 2.73. The third-order valence-corrected chi connectivity index (χ3v) is 5.79. The van der Waals surface area contributed by atoms with Crippen LogP contribution in [0.25, 0.3) is 0 Å². The molecule has 0 aliphatic carbocycles. The lowest BCUT2D eigenvalue weighted by atomic mass is 10.1. The van der Waals surface area contributed by atoms with Crippen LogP contribution in [-0.4, -0.2) is 20.9 Å². The van der Waals surface area contributed by atoms with Gasteiger partial charge in [0.2, 0.25) is 0 Å². The number of benzene rings is 3. The Morgan fingerprint density at radius 2 is 1.63 bits per heavy atom. The number of carbonyl (C=O) groups is 1. The Balaban J connectivity index is 1.73. The summed E-state index contributed by atoms with van der Waals surface area (Å²) >= 11 is 0. The van der Waals surface area contributed by atoms with Crippen molar-refractivity contribution >= 4 is 21.6 Å². The van der Waals surface area contributed by atoms with Crippen molar-refractivity contribution in [1.29, 1.82) is 0 Å². The fraction of sp³-hybridized carbons (Fsp3) is 0.125. The normalized spacial score (nSPS) is 10.6. The Labute approximate surface area is 177 Å². The van der Waals surface area contributed by atoms with Crippen LogP contribution in [0.2, 0.25) is 0 Å². The van der Waals surface area contributed by atoms with Crippen LogP contribution in [-0.2, 0) is 10.0 Å². The maximum absolute atomic E-state index is 12.7. The van der Waals surface area contributed by atoms with Crippen molar-refractivity contribution < 1.29 is 13.2 Å². The summed E-state index contributed by atoms with van der Waals surface area (Å²) in [5, 5.41) is 2.72. The van der Waals surface area contributed by atoms with E-state index in [9.17, 15) is 13.2 Å². The molecule has 0 heterocycles. The summed E-state index contributed by atoms with van der Waals surface area (Å²) in [6.07, 6.45) is 0. The fourth-order valence-corrected chi connectivity index (χ4v) is 3.82. The highest BCUT2D eigenvalue weighted by Crippen LogP contribution is 2.19. The minimum Gasteiger partial charge on any atom is -0.341 e. The fourth-order valence-electron chi connectivity index (χ4n) is 2.74. The predicted octanol–water partition coefficient (Wildman–Crippen LogP) is 3.89. The van der Waals surface area contributed by atoms with Gasteiger partial charge in [-0.05, 0) is 55.8 Å². The van der Waals surface area contributed by atoms with Crippen LogP contribution >= 0.6 is 0 Å². The van der Waals surface area contributed by atoms with Gasteiger partial charge in [0.1, 0.15) is 0 Å². The second-order valence-corrected chi connectivity index (χ2v) is 8.48. The lowest BCUT2D eigenvalue weighted by Crippen LogP contribution is -2.25. The molecule has 0 unspecified atom stereocenters. The van der Waals surface area contributed by atoms with Gasteiger partial charge in [-0.1, -0.05) is 53.8 Å². The summed E-state index contributed by atoms with van der Waals surface area (Å²) in [7, 11) is -3.82. The van der Waals surface area contributed by atoms with Crippen LogP contribution < -0.4 is 10.0 Å². The highest BCUT2D eigenvalue weighted by atomic mass is 32.2. The predicted molar refractivity (Wildman–Crippen MR) is 119 cm³/mol. The Morgan fingerprint density at radius 1 is 0.933 bits per heavy atom. The summed E-state index contributed by atoms with van der Waals surface area (Å²) in [5.41, 5.74) is 3.32. The molecule has 0 atom stereocenters. The Morgan fingerprint density at radius 3 is 2.33 bits per heavy atom. The second-order valence-electron chi connectivity index (χ2n) is 6.80. The first kappa shape index (κ1) is 21.2. The minimum atomic E-state index is -3.82. The van der Waals surface area contributed by atoms with E-state index in [-0.39, 0.29) is 17.3 Å². The molecule has 0 bridgehead atoms. The molecule has 3 aromatic rings. The molecule has 0 aliphatic rings. The van der Waals surface area contributed by atoms with E-state index in [1.807, 2.05) is 49.4 Å². The number of sulfonamides is 1. The first-order valence-electron chi connectivity index (χ1n) is 9.37. The van der Waals surface area contributed by atoms with E-state index in [0.717, 1.165) is 11.1 Å². The number of aryl methyl sites for hydroxylation is 2. The van der Waals surface area contributed by atoms with Crippen LogP contribution in [0.15, 0.2) is 77.7 Å². The SMILES string of the molecule is Cc1ccc(NS(=O)(=O)c2ccc(C)c(C(=O)NCC#Cc3ccccc3)c2)cc1. The van der Waals surface area contributed by atoms with Crippen LogP contribution in [0.1, 0.15) is 27.0 Å². The molecule has 30 heavy (non-hydrogen) atoms. The van der Waals surface area contributed by atoms with Gasteiger partial charge in [0, 0.05) is 16.8 Å². The molecular formula is C24H22N2O3S. The molecule has 0 fully saturated rings. The van der Waals surface area contributed by atoms with Gasteiger partial charge >= 0.3 is 0 Å². The summed E-state index contributed by atoms with van der Waals surface area (Å²) in [5.74, 6) is 5.48. The maximum atomic E-state index is 12.7. The van der Waals surface area contributed by atoms with Gasteiger partial charge in [-0.3, -0.25) is 9.52 Å². The Bertz CT molecular complexity index is 1210. The van der Waals surface area contributed by atoms with Crippen molar-refractivity contribution in [2.45, 2.75) is 18.7 Å². The van der Waals surface area contributed by atoms with Gasteiger partial charge in [-0.15, -0.1) is 0 Å². The molecule has 0 aliphatic heterocycles. The third-order valence-electron chi connectivity index (χ3n) is 4.41. The summed E-state index contributed by atoms with van der Waals surface area (Å²) in [6, 6.07) is 21.0. The molecule has 0 radical (unpaired) electrons. The van der Waals surface area contributed by atoms with Gasteiger partial charge < -0.3 is 5.32 Å². The van der Waals surface area contributed by atoms with Gasteiger partial charge in [0.05, 0.1) is 11.4 Å². The van der Waals surface area contributed by atoms with Crippen molar-refractivity contribution in [2.24, 2.45) is 0 Å². The van der Waals surface area contributed by atoms with Crippen LogP contribution in [0.5, 0.6) is 0 Å². The van der Waals surface area contributed by atoms with Gasteiger partial charge in [-0.2, -0.15) is 0 Å². The van der Waals surface area contributed by atoms with E-state index in [1.54, 1.807) is 25.1 Å². The van der Waals surface area contributed by atoms with Crippen molar-refractivity contribution in [3.8, 4) is 11.8 Å². The van der Waals surface area contributed by atoms with Crippen LogP contribution in [0.3, 0.4) is 0 Å². The number of hydrogen-bond donors (Lipinski definition) is 2. The Hall–Kier alpha value is -3.56. The second kappa shape index (κ2) is 9.29. The molecule has 0 aromatic heterocycles. The quantitative estimate of drug-likeness (QED) is 0.618. The van der Waals surface area contributed by atoms with E-state index < -0.39 is 10.0 Å². The lowest BCUT2D eigenvalue weighted by molar-refractivity contribution is 0.0958. The van der Waals surface area contributed by atoms with E-state index >= 15 is 0 Å². The monoisotopic (exact) mass is 418 g/mol. The molecule has 1 amide bonds. The van der Waals surface area contributed by atoms with Crippen molar-refractivity contribution in [3.63, 3.8) is 0 Å². The molecule has 3 aromatic carbocycles. The van der Waals surface area contributed by atoms with E-state index in [2.05, 4.69) is 21.9 Å².